The van der Waals surface area contributed by atoms with E-state index in [1.165, 1.54) is 24.8 Å². The largest absolute Gasteiger partial charge is 0.497 e. The number of aryl methyl sites for hydroxylation is 1. The van der Waals surface area contributed by atoms with Gasteiger partial charge < -0.3 is 15.2 Å². The Morgan fingerprint density at radius 3 is 2.85 bits per heavy atom. The molecule has 0 spiro atoms. The number of piperidine rings is 1. The highest BCUT2D eigenvalue weighted by atomic mass is 16.5. The molecule has 0 bridgehead atoms. The molecule has 0 saturated carbocycles. The van der Waals surface area contributed by atoms with E-state index in [2.05, 4.69) is 18.3 Å². The van der Waals surface area contributed by atoms with E-state index in [1.54, 1.807) is 7.11 Å². The molecule has 4 unspecified atom stereocenters. The van der Waals surface area contributed by atoms with Crippen molar-refractivity contribution in [1.29, 1.82) is 0 Å². The highest BCUT2D eigenvalue weighted by molar-refractivity contribution is 5.39. The average Bonchev–Trinajstić information content (AvgIpc) is 2.47. The highest BCUT2D eigenvalue weighted by Gasteiger charge is 2.35. The molecular formula is C17H25NO2. The molecule has 3 nitrogen and oxygen atoms in total. The van der Waals surface area contributed by atoms with Gasteiger partial charge in [0, 0.05) is 18.0 Å². The van der Waals surface area contributed by atoms with E-state index in [0.29, 0.717) is 18.0 Å². The maximum absolute atomic E-state index is 10.7. The second-order valence-corrected chi connectivity index (χ2v) is 6.32. The number of aliphatic hydroxyl groups is 1. The summed E-state index contributed by atoms with van der Waals surface area (Å²) in [6.45, 7) is 2.25. The van der Waals surface area contributed by atoms with Crippen molar-refractivity contribution in [3.05, 3.63) is 29.3 Å². The fraction of sp³-hybridized carbons (Fsp3) is 0.647. The van der Waals surface area contributed by atoms with Crippen molar-refractivity contribution in [2.45, 2.75) is 57.2 Å². The minimum Gasteiger partial charge on any atom is -0.497 e. The summed E-state index contributed by atoms with van der Waals surface area (Å²) in [5.74, 6) is 1.23. The normalized spacial score (nSPS) is 33.5. The molecule has 0 radical (unpaired) electrons. The van der Waals surface area contributed by atoms with Crippen LogP contribution >= 0.6 is 0 Å². The lowest BCUT2D eigenvalue weighted by Crippen LogP contribution is -2.47. The van der Waals surface area contributed by atoms with Crippen molar-refractivity contribution in [1.82, 2.24) is 5.32 Å². The summed E-state index contributed by atoms with van der Waals surface area (Å²) in [4.78, 5) is 0. The first-order chi connectivity index (χ1) is 9.69. The van der Waals surface area contributed by atoms with Gasteiger partial charge in [0.05, 0.1) is 13.2 Å². The topological polar surface area (TPSA) is 41.5 Å². The monoisotopic (exact) mass is 275 g/mol. The Morgan fingerprint density at radius 2 is 2.10 bits per heavy atom. The zero-order valence-electron chi connectivity index (χ0n) is 12.4. The molecule has 1 aromatic rings. The number of nitrogens with one attached hydrogen (secondary N) is 1. The lowest BCUT2D eigenvalue weighted by molar-refractivity contribution is 0.0574. The quantitative estimate of drug-likeness (QED) is 0.872. The molecule has 0 amide bonds. The summed E-state index contributed by atoms with van der Waals surface area (Å²) in [5, 5.41) is 14.4. The summed E-state index contributed by atoms with van der Waals surface area (Å²) < 4.78 is 5.28. The van der Waals surface area contributed by atoms with Gasteiger partial charge in [0.1, 0.15) is 5.75 Å². The van der Waals surface area contributed by atoms with Crippen LogP contribution < -0.4 is 10.1 Å². The first-order valence-corrected chi connectivity index (χ1v) is 7.80. The fourth-order valence-electron chi connectivity index (χ4n) is 3.86. The summed E-state index contributed by atoms with van der Waals surface area (Å²) >= 11 is 0. The molecule has 2 N–H and O–H groups in total. The van der Waals surface area contributed by atoms with E-state index in [9.17, 15) is 5.11 Å². The second-order valence-electron chi connectivity index (χ2n) is 6.32. The number of benzene rings is 1. The van der Waals surface area contributed by atoms with E-state index < -0.39 is 0 Å². The number of methoxy groups -OCH3 is 1. The van der Waals surface area contributed by atoms with Crippen molar-refractivity contribution in [3.63, 3.8) is 0 Å². The number of fused-ring (bicyclic) bond motifs is 1. The van der Waals surface area contributed by atoms with Crippen molar-refractivity contribution in [3.8, 4) is 5.75 Å². The molecule has 1 fully saturated rings. The zero-order chi connectivity index (χ0) is 14.1. The van der Waals surface area contributed by atoms with Crippen molar-refractivity contribution in [2.24, 2.45) is 5.92 Å². The van der Waals surface area contributed by atoms with Crippen LogP contribution in [0.3, 0.4) is 0 Å². The smallest absolute Gasteiger partial charge is 0.119 e. The van der Waals surface area contributed by atoms with Gasteiger partial charge in [0.25, 0.3) is 0 Å². The van der Waals surface area contributed by atoms with Gasteiger partial charge >= 0.3 is 0 Å². The highest BCUT2D eigenvalue weighted by Crippen LogP contribution is 2.39. The molecule has 1 aromatic carbocycles. The predicted octanol–water partition coefficient (Wildman–Crippen LogP) is 2.82. The SMILES string of the molecule is COc1ccc2c(c1)CCC(C1CCCC(C)N1)C2O. The minimum absolute atomic E-state index is 0.340. The van der Waals surface area contributed by atoms with E-state index in [-0.39, 0.29) is 6.10 Å². The van der Waals surface area contributed by atoms with Gasteiger partial charge in [0.15, 0.2) is 0 Å². The van der Waals surface area contributed by atoms with E-state index >= 15 is 0 Å². The third kappa shape index (κ3) is 2.57. The zero-order valence-corrected chi connectivity index (χ0v) is 12.4. The van der Waals surface area contributed by atoms with Crippen molar-refractivity contribution < 1.29 is 9.84 Å². The Morgan fingerprint density at radius 1 is 1.25 bits per heavy atom. The van der Waals surface area contributed by atoms with Crippen LogP contribution in [0, 0.1) is 5.92 Å². The Bertz CT molecular complexity index is 474. The maximum atomic E-state index is 10.7. The molecule has 0 aromatic heterocycles. The van der Waals surface area contributed by atoms with Gasteiger partial charge in [0.2, 0.25) is 0 Å². The van der Waals surface area contributed by atoms with Crippen LogP contribution in [0.2, 0.25) is 0 Å². The van der Waals surface area contributed by atoms with E-state index in [1.807, 2.05) is 12.1 Å². The molecular weight excluding hydrogens is 250 g/mol. The number of hydrogen-bond donors (Lipinski definition) is 2. The maximum Gasteiger partial charge on any atom is 0.119 e. The van der Waals surface area contributed by atoms with Crippen LogP contribution in [0.5, 0.6) is 5.75 Å². The first kappa shape index (κ1) is 13.9. The summed E-state index contributed by atoms with van der Waals surface area (Å²) in [6.07, 6.45) is 5.49. The standard InChI is InChI=1S/C17H25NO2/c1-11-4-3-5-16(18-11)15-8-6-12-10-13(20-2)7-9-14(12)17(15)19/h7,9-11,15-19H,3-6,8H2,1-2H3. The molecule has 1 aliphatic heterocycles. The molecule has 3 rings (SSSR count). The van der Waals surface area contributed by atoms with Crippen LogP contribution in [0.25, 0.3) is 0 Å². The van der Waals surface area contributed by atoms with Crippen LogP contribution in [-0.2, 0) is 6.42 Å². The molecule has 4 atom stereocenters. The van der Waals surface area contributed by atoms with Gasteiger partial charge in [-0.25, -0.2) is 0 Å². The molecule has 2 aliphatic rings. The Balaban J connectivity index is 1.80. The minimum atomic E-state index is -0.340. The number of rotatable bonds is 2. The van der Waals surface area contributed by atoms with Crippen LogP contribution in [-0.4, -0.2) is 24.3 Å². The lowest BCUT2D eigenvalue weighted by atomic mass is 9.75. The van der Waals surface area contributed by atoms with Crippen molar-refractivity contribution >= 4 is 0 Å². The van der Waals surface area contributed by atoms with Gasteiger partial charge in [-0.1, -0.05) is 12.5 Å². The average molecular weight is 275 g/mol. The molecule has 1 saturated heterocycles. The van der Waals surface area contributed by atoms with Gasteiger partial charge in [-0.05, 0) is 55.9 Å². The second kappa shape index (κ2) is 5.74. The number of aliphatic hydroxyl groups excluding tert-OH is 1. The van der Waals surface area contributed by atoms with E-state index in [0.717, 1.165) is 24.2 Å². The summed E-state index contributed by atoms with van der Waals surface area (Å²) in [5.41, 5.74) is 2.35. The molecule has 3 heteroatoms. The Hall–Kier alpha value is -1.06. The van der Waals surface area contributed by atoms with Crippen molar-refractivity contribution in [2.75, 3.05) is 7.11 Å². The third-order valence-corrected chi connectivity index (χ3v) is 4.99. The van der Waals surface area contributed by atoms with E-state index in [4.69, 9.17) is 4.74 Å². The molecule has 110 valence electrons. The van der Waals surface area contributed by atoms with Gasteiger partial charge in [-0.2, -0.15) is 0 Å². The van der Waals surface area contributed by atoms with Gasteiger partial charge in [-0.15, -0.1) is 0 Å². The van der Waals surface area contributed by atoms with Crippen LogP contribution in [0.4, 0.5) is 0 Å². The third-order valence-electron chi connectivity index (χ3n) is 4.99. The fourth-order valence-corrected chi connectivity index (χ4v) is 3.86. The molecule has 20 heavy (non-hydrogen) atoms. The van der Waals surface area contributed by atoms with Crippen LogP contribution in [0.15, 0.2) is 18.2 Å². The lowest BCUT2D eigenvalue weighted by Gasteiger charge is -2.40. The Labute approximate surface area is 121 Å². The molecule has 1 aliphatic carbocycles. The number of ether oxygens (including phenoxy) is 1. The number of hydrogen-bond acceptors (Lipinski definition) is 3. The molecule has 1 heterocycles. The summed E-state index contributed by atoms with van der Waals surface area (Å²) in [6, 6.07) is 7.12. The van der Waals surface area contributed by atoms with Crippen LogP contribution in [0.1, 0.15) is 49.8 Å². The first-order valence-electron chi connectivity index (χ1n) is 7.80. The predicted molar refractivity (Wildman–Crippen MR) is 80.0 cm³/mol. The van der Waals surface area contributed by atoms with Gasteiger partial charge in [-0.3, -0.25) is 0 Å². The summed E-state index contributed by atoms with van der Waals surface area (Å²) in [7, 11) is 1.69. The Kier molecular flexibility index (Phi) is 3.99.